The maximum atomic E-state index is 5.50. The van der Waals surface area contributed by atoms with Crippen LogP contribution in [0.25, 0.3) is 21.8 Å². The maximum absolute atomic E-state index is 5.50. The molecule has 0 spiro atoms. The number of H-pyrrole nitrogens is 1. The monoisotopic (exact) mass is 329 g/mol. The van der Waals surface area contributed by atoms with Gasteiger partial charge in [0, 0.05) is 49.2 Å². The highest BCUT2D eigenvalue weighted by atomic mass is 28.4. The van der Waals surface area contributed by atoms with Crippen LogP contribution in [-0.4, -0.2) is 35.1 Å². The zero-order chi connectivity index (χ0) is 16.3. The van der Waals surface area contributed by atoms with Crippen LogP contribution in [0.3, 0.4) is 0 Å². The first-order chi connectivity index (χ1) is 11.2. The zero-order valence-electron chi connectivity index (χ0n) is 13.9. The van der Waals surface area contributed by atoms with Crippen molar-refractivity contribution in [1.82, 2.24) is 4.98 Å². The van der Waals surface area contributed by atoms with Crippen LogP contribution in [0.15, 0.2) is 42.5 Å². The van der Waals surface area contributed by atoms with Gasteiger partial charge in [0.1, 0.15) is 0 Å². The van der Waals surface area contributed by atoms with Crippen LogP contribution in [0.5, 0.6) is 0 Å². The van der Waals surface area contributed by atoms with E-state index in [1.807, 2.05) is 0 Å². The van der Waals surface area contributed by atoms with Crippen LogP contribution >= 0.6 is 0 Å². The molecule has 1 aromatic heterocycles. The molecule has 122 valence electrons. The van der Waals surface area contributed by atoms with Crippen molar-refractivity contribution in [3.63, 3.8) is 0 Å². The van der Waals surface area contributed by atoms with Gasteiger partial charge in [-0.25, -0.2) is 0 Å². The minimum atomic E-state index is -2.48. The fourth-order valence-electron chi connectivity index (χ4n) is 3.19. The lowest BCUT2D eigenvalue weighted by atomic mass is 10.1. The molecule has 3 aromatic rings. The molecular formula is C18H23NO3Si. The number of para-hydroxylation sites is 2. The van der Waals surface area contributed by atoms with Gasteiger partial charge in [-0.2, -0.15) is 0 Å². The Balaban J connectivity index is 1.83. The third-order valence-corrected chi connectivity index (χ3v) is 7.32. The molecule has 23 heavy (non-hydrogen) atoms. The van der Waals surface area contributed by atoms with Crippen LogP contribution in [0, 0.1) is 0 Å². The van der Waals surface area contributed by atoms with Gasteiger partial charge in [0.25, 0.3) is 0 Å². The molecule has 0 bridgehead atoms. The highest BCUT2D eigenvalue weighted by molar-refractivity contribution is 6.60. The number of benzene rings is 2. The van der Waals surface area contributed by atoms with Crippen molar-refractivity contribution < 1.29 is 13.3 Å². The molecule has 1 heterocycles. The molecule has 0 saturated carbocycles. The van der Waals surface area contributed by atoms with E-state index in [0.717, 1.165) is 18.9 Å². The second kappa shape index (κ2) is 6.84. The number of hydrogen-bond donors (Lipinski definition) is 1. The van der Waals surface area contributed by atoms with Crippen molar-refractivity contribution in [1.29, 1.82) is 0 Å². The summed E-state index contributed by atoms with van der Waals surface area (Å²) in [7, 11) is 2.51. The van der Waals surface area contributed by atoms with Crippen LogP contribution in [0.4, 0.5) is 0 Å². The van der Waals surface area contributed by atoms with E-state index in [1.165, 1.54) is 27.4 Å². The molecule has 0 amide bonds. The molecule has 2 aromatic carbocycles. The molecule has 0 atom stereocenters. The summed E-state index contributed by atoms with van der Waals surface area (Å²) < 4.78 is 16.5. The number of aromatic nitrogens is 1. The molecule has 0 aliphatic heterocycles. The summed E-state index contributed by atoms with van der Waals surface area (Å²) in [4.78, 5) is 3.55. The van der Waals surface area contributed by atoms with Crippen LogP contribution in [0.1, 0.15) is 12.0 Å². The van der Waals surface area contributed by atoms with Gasteiger partial charge in [-0.15, -0.1) is 0 Å². The summed E-state index contributed by atoms with van der Waals surface area (Å²) in [5.74, 6) is 0. The molecule has 0 radical (unpaired) electrons. The highest BCUT2D eigenvalue weighted by Gasteiger charge is 2.36. The Bertz CT molecular complexity index is 787. The summed E-state index contributed by atoms with van der Waals surface area (Å²) in [5, 5.41) is 2.56. The fourth-order valence-corrected chi connectivity index (χ4v) is 4.92. The Morgan fingerprint density at radius 1 is 0.870 bits per heavy atom. The SMILES string of the molecule is CO[Si](CCCc1cccc2c1[nH]c1ccccc12)(OC)OC. The van der Waals surface area contributed by atoms with Gasteiger partial charge in [0.15, 0.2) is 0 Å². The Kier molecular flexibility index (Phi) is 4.82. The summed E-state index contributed by atoms with van der Waals surface area (Å²) >= 11 is 0. The molecule has 0 aliphatic carbocycles. The lowest BCUT2D eigenvalue weighted by Gasteiger charge is -2.24. The third-order valence-electron chi connectivity index (χ3n) is 4.49. The molecule has 0 aliphatic rings. The first-order valence-corrected chi connectivity index (χ1v) is 9.80. The zero-order valence-corrected chi connectivity index (χ0v) is 14.9. The smallest absolute Gasteiger partial charge is 0.377 e. The van der Waals surface area contributed by atoms with E-state index in [0.29, 0.717) is 0 Å². The van der Waals surface area contributed by atoms with Gasteiger partial charge in [-0.3, -0.25) is 0 Å². The lowest BCUT2D eigenvalue weighted by Crippen LogP contribution is -2.42. The molecule has 3 rings (SSSR count). The predicted octanol–water partition coefficient (Wildman–Crippen LogP) is 4.13. The molecular weight excluding hydrogens is 306 g/mol. The first-order valence-electron chi connectivity index (χ1n) is 7.87. The molecule has 0 saturated heterocycles. The standard InChI is InChI=1S/C18H23NO3Si/c1-20-23(21-2,22-3)13-7-9-14-8-6-11-16-15-10-4-5-12-17(15)19-18(14)16/h4-6,8,10-12,19H,7,9,13H2,1-3H3. The number of nitrogens with one attached hydrogen (secondary N) is 1. The maximum Gasteiger partial charge on any atom is 0.500 e. The average molecular weight is 329 g/mol. The number of rotatable bonds is 7. The molecule has 0 unspecified atom stereocenters. The van der Waals surface area contributed by atoms with Crippen LogP contribution in [0.2, 0.25) is 6.04 Å². The second-order valence-corrected chi connectivity index (χ2v) is 8.75. The van der Waals surface area contributed by atoms with E-state index in [9.17, 15) is 0 Å². The summed E-state index contributed by atoms with van der Waals surface area (Å²) in [6.07, 6.45) is 1.94. The number of hydrogen-bond acceptors (Lipinski definition) is 3. The van der Waals surface area contributed by atoms with Crippen molar-refractivity contribution in [2.24, 2.45) is 0 Å². The van der Waals surface area contributed by atoms with Crippen molar-refractivity contribution >= 4 is 30.6 Å². The Morgan fingerprint density at radius 2 is 1.57 bits per heavy atom. The largest absolute Gasteiger partial charge is 0.500 e. The van der Waals surface area contributed by atoms with Crippen molar-refractivity contribution in [3.05, 3.63) is 48.0 Å². The number of fused-ring (bicyclic) bond motifs is 3. The van der Waals surface area contributed by atoms with E-state index < -0.39 is 8.80 Å². The van der Waals surface area contributed by atoms with Gasteiger partial charge in [-0.05, 0) is 24.5 Å². The van der Waals surface area contributed by atoms with Crippen LogP contribution < -0.4 is 0 Å². The first kappa shape index (κ1) is 16.2. The van der Waals surface area contributed by atoms with E-state index in [1.54, 1.807) is 21.3 Å². The highest BCUT2D eigenvalue weighted by Crippen LogP contribution is 2.28. The quantitative estimate of drug-likeness (QED) is 0.663. The topological polar surface area (TPSA) is 43.5 Å². The normalized spacial score (nSPS) is 12.3. The minimum absolute atomic E-state index is 0.813. The van der Waals surface area contributed by atoms with Gasteiger partial charge in [-0.1, -0.05) is 36.4 Å². The Hall–Kier alpha value is -1.66. The summed E-state index contributed by atoms with van der Waals surface area (Å²) in [6, 6.07) is 15.7. The van der Waals surface area contributed by atoms with E-state index in [-0.39, 0.29) is 0 Å². The summed E-state index contributed by atoms with van der Waals surface area (Å²) in [6.45, 7) is 0. The minimum Gasteiger partial charge on any atom is -0.377 e. The number of aromatic amines is 1. The van der Waals surface area contributed by atoms with Gasteiger partial charge >= 0.3 is 8.80 Å². The van der Waals surface area contributed by atoms with Crippen molar-refractivity contribution in [2.45, 2.75) is 18.9 Å². The molecule has 4 nitrogen and oxygen atoms in total. The average Bonchev–Trinajstić information content (AvgIpc) is 2.99. The third kappa shape index (κ3) is 3.05. The van der Waals surface area contributed by atoms with Crippen molar-refractivity contribution in [2.75, 3.05) is 21.3 Å². The Morgan fingerprint density at radius 3 is 2.30 bits per heavy atom. The Labute approximate surface area is 137 Å². The van der Waals surface area contributed by atoms with Gasteiger partial charge < -0.3 is 18.3 Å². The fraction of sp³-hybridized carbons (Fsp3) is 0.333. The molecule has 0 fully saturated rings. The van der Waals surface area contributed by atoms with Crippen molar-refractivity contribution in [3.8, 4) is 0 Å². The van der Waals surface area contributed by atoms with Gasteiger partial charge in [0.2, 0.25) is 0 Å². The second-order valence-electron chi connectivity index (χ2n) is 5.66. The molecule has 1 N–H and O–H groups in total. The van der Waals surface area contributed by atoms with E-state index in [4.69, 9.17) is 13.3 Å². The van der Waals surface area contributed by atoms with Gasteiger partial charge in [0.05, 0.1) is 0 Å². The summed E-state index contributed by atoms with van der Waals surface area (Å²) in [5.41, 5.74) is 3.74. The number of aryl methyl sites for hydroxylation is 1. The van der Waals surface area contributed by atoms with E-state index >= 15 is 0 Å². The predicted molar refractivity (Wildman–Crippen MR) is 95.7 cm³/mol. The lowest BCUT2D eigenvalue weighted by molar-refractivity contribution is 0.123. The van der Waals surface area contributed by atoms with E-state index in [2.05, 4.69) is 47.4 Å². The van der Waals surface area contributed by atoms with Crippen LogP contribution in [-0.2, 0) is 19.7 Å². The molecule has 5 heteroatoms.